The minimum atomic E-state index is -3.12. The molecule has 150 valence electrons. The Morgan fingerprint density at radius 3 is 2.50 bits per heavy atom. The molecule has 5 nitrogen and oxygen atoms in total. The Bertz CT molecular complexity index is 961. The largest absolute Gasteiger partial charge is 0.484 e. The van der Waals surface area contributed by atoms with Gasteiger partial charge in [0, 0.05) is 22.6 Å². The van der Waals surface area contributed by atoms with Crippen molar-refractivity contribution in [2.75, 3.05) is 18.1 Å². The van der Waals surface area contributed by atoms with Crippen LogP contribution in [0, 0.1) is 6.92 Å². The summed E-state index contributed by atoms with van der Waals surface area (Å²) >= 11 is 11.9. The van der Waals surface area contributed by atoms with Crippen LogP contribution in [-0.2, 0) is 21.2 Å². The maximum Gasteiger partial charge on any atom is 0.261 e. The van der Waals surface area contributed by atoms with E-state index >= 15 is 0 Å². The molecule has 0 radical (unpaired) electrons. The van der Waals surface area contributed by atoms with Crippen LogP contribution in [0.3, 0.4) is 0 Å². The highest BCUT2D eigenvalue weighted by Crippen LogP contribution is 2.23. The third-order valence-corrected chi connectivity index (χ3v) is 7.15. The van der Waals surface area contributed by atoms with Gasteiger partial charge in [-0.1, -0.05) is 35.3 Å². The highest BCUT2D eigenvalue weighted by atomic mass is 35.5. The van der Waals surface area contributed by atoms with E-state index in [-0.39, 0.29) is 30.1 Å². The van der Waals surface area contributed by atoms with Gasteiger partial charge in [0.25, 0.3) is 5.91 Å². The molecule has 1 heterocycles. The molecule has 2 aromatic rings. The third kappa shape index (κ3) is 5.40. The van der Waals surface area contributed by atoms with E-state index in [4.69, 9.17) is 27.9 Å². The first-order valence-corrected chi connectivity index (χ1v) is 11.4. The van der Waals surface area contributed by atoms with Crippen LogP contribution < -0.4 is 4.74 Å². The molecule has 1 fully saturated rings. The SMILES string of the molecule is Cc1cc(OCC(=O)N(Cc2ccc(Cl)cc2)C2CCS(=O)(=O)C2)ccc1Cl. The van der Waals surface area contributed by atoms with E-state index in [0.717, 1.165) is 11.1 Å². The van der Waals surface area contributed by atoms with Crippen molar-refractivity contribution in [3.63, 3.8) is 0 Å². The lowest BCUT2D eigenvalue weighted by molar-refractivity contribution is -0.136. The van der Waals surface area contributed by atoms with Crippen LogP contribution in [-0.4, -0.2) is 43.4 Å². The van der Waals surface area contributed by atoms with Crippen LogP contribution in [0.1, 0.15) is 17.5 Å². The summed E-state index contributed by atoms with van der Waals surface area (Å²) in [6.07, 6.45) is 0.432. The fraction of sp³-hybridized carbons (Fsp3) is 0.350. The zero-order valence-corrected chi connectivity index (χ0v) is 17.7. The number of amides is 1. The fourth-order valence-corrected chi connectivity index (χ4v) is 5.14. The van der Waals surface area contributed by atoms with Crippen LogP contribution >= 0.6 is 23.2 Å². The molecule has 1 saturated heterocycles. The summed E-state index contributed by atoms with van der Waals surface area (Å²) in [5.74, 6) is 0.358. The van der Waals surface area contributed by atoms with Crippen molar-refractivity contribution < 1.29 is 17.9 Å². The van der Waals surface area contributed by atoms with Crippen molar-refractivity contribution in [1.29, 1.82) is 0 Å². The van der Waals surface area contributed by atoms with Gasteiger partial charge in [0.15, 0.2) is 16.4 Å². The lowest BCUT2D eigenvalue weighted by Gasteiger charge is -2.28. The Kier molecular flexibility index (Phi) is 6.53. The number of aryl methyl sites for hydroxylation is 1. The predicted molar refractivity (Wildman–Crippen MR) is 111 cm³/mol. The second-order valence-electron chi connectivity index (χ2n) is 6.90. The minimum Gasteiger partial charge on any atom is -0.484 e. The van der Waals surface area contributed by atoms with Crippen LogP contribution in [0.2, 0.25) is 10.0 Å². The Balaban J connectivity index is 1.73. The number of halogens is 2. The van der Waals surface area contributed by atoms with Crippen LogP contribution in [0.15, 0.2) is 42.5 Å². The van der Waals surface area contributed by atoms with E-state index in [0.29, 0.717) is 28.8 Å². The lowest BCUT2D eigenvalue weighted by Crippen LogP contribution is -2.43. The van der Waals surface area contributed by atoms with Gasteiger partial charge in [-0.3, -0.25) is 4.79 Å². The molecule has 1 aliphatic rings. The van der Waals surface area contributed by atoms with Crippen LogP contribution in [0.4, 0.5) is 0 Å². The van der Waals surface area contributed by atoms with Gasteiger partial charge in [0.1, 0.15) is 5.75 Å². The standard InChI is InChI=1S/C20H21Cl2NO4S/c1-14-10-18(6-7-19(14)22)27-12-20(24)23(17-8-9-28(25,26)13-17)11-15-2-4-16(21)5-3-15/h2-7,10,17H,8-9,11-13H2,1H3. The van der Waals surface area contributed by atoms with Crippen molar-refractivity contribution in [2.45, 2.75) is 25.9 Å². The average molecular weight is 442 g/mol. The minimum absolute atomic E-state index is 0.0214. The number of rotatable bonds is 6. The van der Waals surface area contributed by atoms with Crippen LogP contribution in [0.5, 0.6) is 5.75 Å². The number of ether oxygens (including phenoxy) is 1. The van der Waals surface area contributed by atoms with Crippen molar-refractivity contribution in [2.24, 2.45) is 0 Å². The molecule has 2 aromatic carbocycles. The second-order valence-corrected chi connectivity index (χ2v) is 9.98. The second kappa shape index (κ2) is 8.72. The molecule has 0 bridgehead atoms. The molecule has 0 N–H and O–H groups in total. The Labute approximate surface area is 175 Å². The maximum atomic E-state index is 12.9. The van der Waals surface area contributed by atoms with E-state index in [1.54, 1.807) is 35.2 Å². The summed E-state index contributed by atoms with van der Waals surface area (Å²) in [4.78, 5) is 14.5. The van der Waals surface area contributed by atoms with Gasteiger partial charge < -0.3 is 9.64 Å². The summed E-state index contributed by atoms with van der Waals surface area (Å²) in [7, 11) is -3.12. The first kappa shape index (κ1) is 21.0. The molecule has 1 amide bonds. The summed E-state index contributed by atoms with van der Waals surface area (Å²) in [5.41, 5.74) is 1.73. The number of carbonyl (C=O) groups excluding carboxylic acids is 1. The molecule has 0 aromatic heterocycles. The molecule has 0 saturated carbocycles. The van der Waals surface area contributed by atoms with Gasteiger partial charge in [0.2, 0.25) is 0 Å². The lowest BCUT2D eigenvalue weighted by atomic mass is 10.1. The fourth-order valence-electron chi connectivity index (χ4n) is 3.16. The number of hydrogen-bond acceptors (Lipinski definition) is 4. The zero-order chi connectivity index (χ0) is 20.3. The van der Waals surface area contributed by atoms with Crippen molar-refractivity contribution >= 4 is 38.9 Å². The molecule has 3 rings (SSSR count). The molecule has 1 aliphatic heterocycles. The molecule has 0 aliphatic carbocycles. The van der Waals surface area contributed by atoms with E-state index in [1.165, 1.54) is 0 Å². The molecule has 1 unspecified atom stereocenters. The summed E-state index contributed by atoms with van der Waals surface area (Å²) < 4.78 is 29.5. The Morgan fingerprint density at radius 2 is 1.89 bits per heavy atom. The van der Waals surface area contributed by atoms with Crippen molar-refractivity contribution in [1.82, 2.24) is 4.90 Å². The molecule has 1 atom stereocenters. The van der Waals surface area contributed by atoms with Gasteiger partial charge in [-0.05, 0) is 54.8 Å². The van der Waals surface area contributed by atoms with Crippen LogP contribution in [0.25, 0.3) is 0 Å². The highest BCUT2D eigenvalue weighted by Gasteiger charge is 2.34. The molecular weight excluding hydrogens is 421 g/mol. The van der Waals surface area contributed by atoms with Gasteiger partial charge in [-0.25, -0.2) is 8.42 Å². The molecular formula is C20H21Cl2NO4S. The van der Waals surface area contributed by atoms with Crippen molar-refractivity contribution in [3.8, 4) is 5.75 Å². The van der Waals surface area contributed by atoms with E-state index in [9.17, 15) is 13.2 Å². The summed E-state index contributed by atoms with van der Waals surface area (Å²) in [5, 5.41) is 1.23. The third-order valence-electron chi connectivity index (χ3n) is 4.73. The number of benzene rings is 2. The molecule has 28 heavy (non-hydrogen) atoms. The van der Waals surface area contributed by atoms with Gasteiger partial charge in [-0.15, -0.1) is 0 Å². The van der Waals surface area contributed by atoms with E-state index < -0.39 is 9.84 Å². The quantitative estimate of drug-likeness (QED) is 0.681. The Morgan fingerprint density at radius 1 is 1.18 bits per heavy atom. The first-order valence-electron chi connectivity index (χ1n) is 8.87. The smallest absolute Gasteiger partial charge is 0.261 e. The molecule has 8 heteroatoms. The number of carbonyl (C=O) groups is 1. The maximum absolute atomic E-state index is 12.9. The highest BCUT2D eigenvalue weighted by molar-refractivity contribution is 7.91. The number of hydrogen-bond donors (Lipinski definition) is 0. The summed E-state index contributed by atoms with van der Waals surface area (Å²) in [6, 6.07) is 12.0. The zero-order valence-electron chi connectivity index (χ0n) is 15.4. The van der Waals surface area contributed by atoms with Gasteiger partial charge in [0.05, 0.1) is 11.5 Å². The monoisotopic (exact) mass is 441 g/mol. The normalized spacial score (nSPS) is 18.0. The first-order chi connectivity index (χ1) is 13.2. The molecule has 0 spiro atoms. The summed E-state index contributed by atoms with van der Waals surface area (Å²) in [6.45, 7) is 1.98. The average Bonchev–Trinajstić information content (AvgIpc) is 3.01. The van der Waals surface area contributed by atoms with E-state index in [1.807, 2.05) is 19.1 Å². The van der Waals surface area contributed by atoms with Gasteiger partial charge in [-0.2, -0.15) is 0 Å². The van der Waals surface area contributed by atoms with Crippen molar-refractivity contribution in [3.05, 3.63) is 63.6 Å². The number of sulfone groups is 1. The Hall–Kier alpha value is -1.76. The number of nitrogens with zero attached hydrogens (tertiary/aromatic N) is 1. The van der Waals surface area contributed by atoms with E-state index in [2.05, 4.69) is 0 Å². The van der Waals surface area contributed by atoms with Gasteiger partial charge >= 0.3 is 0 Å². The topological polar surface area (TPSA) is 63.7 Å². The predicted octanol–water partition coefficient (Wildman–Crippen LogP) is 3.90.